The van der Waals surface area contributed by atoms with Crippen molar-refractivity contribution in [2.45, 2.75) is 0 Å². The van der Waals surface area contributed by atoms with Gasteiger partial charge >= 0.3 is 0 Å². The third-order valence-corrected chi connectivity index (χ3v) is 12.2. The molecule has 0 saturated carbocycles. The molecule has 0 saturated heterocycles. The number of para-hydroxylation sites is 1. The van der Waals surface area contributed by atoms with E-state index in [0.717, 1.165) is 72.4 Å². The number of anilines is 3. The second kappa shape index (κ2) is 13.8. The van der Waals surface area contributed by atoms with Gasteiger partial charge in [-0.15, -0.1) is 11.3 Å². The zero-order chi connectivity index (χ0) is 37.7. The first-order valence-corrected chi connectivity index (χ1v) is 20.1. The standard InChI is InChI=1S/C54H35NOS/c1-4-14-36(15-5-1)41-32-42(37-16-6-2-7-17-37)34-44(33-41)55(43-27-24-38(25-28-43)40-26-29-48-47-21-11-13-23-51(47)57-52(48)35-40)53-45(39-18-8-3-9-19-39)30-31-49-46-20-10-12-22-50(46)56-54(49)53/h1-35H. The second-order valence-electron chi connectivity index (χ2n) is 14.5. The Hall–Kier alpha value is -7.20. The molecule has 0 aliphatic carbocycles. The third kappa shape index (κ3) is 5.88. The van der Waals surface area contributed by atoms with E-state index in [1.165, 1.54) is 31.3 Å². The third-order valence-electron chi connectivity index (χ3n) is 11.1. The van der Waals surface area contributed by atoms with Gasteiger partial charge in [-0.2, -0.15) is 0 Å². The van der Waals surface area contributed by atoms with E-state index in [2.05, 4.69) is 211 Å². The molecular formula is C54H35NOS. The number of benzene rings is 9. The summed E-state index contributed by atoms with van der Waals surface area (Å²) in [6, 6.07) is 76.4. The van der Waals surface area contributed by atoms with Gasteiger partial charge in [-0.1, -0.05) is 158 Å². The Kier molecular flexibility index (Phi) is 8.04. The zero-order valence-corrected chi connectivity index (χ0v) is 31.8. The van der Waals surface area contributed by atoms with Crippen LogP contribution in [0, 0.1) is 0 Å². The smallest absolute Gasteiger partial charge is 0.160 e. The van der Waals surface area contributed by atoms with Crippen molar-refractivity contribution in [3.05, 3.63) is 212 Å². The predicted molar refractivity (Wildman–Crippen MR) is 243 cm³/mol. The van der Waals surface area contributed by atoms with Crippen LogP contribution in [0.15, 0.2) is 217 Å². The molecule has 0 fully saturated rings. The fourth-order valence-corrected chi connectivity index (χ4v) is 9.44. The molecule has 0 aliphatic rings. The van der Waals surface area contributed by atoms with E-state index in [1.807, 2.05) is 17.4 Å². The first-order chi connectivity index (χ1) is 28.2. The Bertz CT molecular complexity index is 3160. The number of hydrogen-bond acceptors (Lipinski definition) is 3. The summed E-state index contributed by atoms with van der Waals surface area (Å²) in [6.45, 7) is 0. The molecule has 0 amide bonds. The molecule has 11 aromatic rings. The Morgan fingerprint density at radius 3 is 1.58 bits per heavy atom. The maximum absolute atomic E-state index is 6.92. The minimum atomic E-state index is 0.850. The average Bonchev–Trinajstić information content (AvgIpc) is 3.86. The lowest BCUT2D eigenvalue weighted by atomic mass is 9.95. The highest BCUT2D eigenvalue weighted by molar-refractivity contribution is 7.25. The van der Waals surface area contributed by atoms with Gasteiger partial charge in [0.1, 0.15) is 5.58 Å². The van der Waals surface area contributed by atoms with Crippen molar-refractivity contribution in [1.82, 2.24) is 0 Å². The van der Waals surface area contributed by atoms with Crippen molar-refractivity contribution in [2.75, 3.05) is 4.90 Å². The molecule has 2 nitrogen and oxygen atoms in total. The fraction of sp³-hybridized carbons (Fsp3) is 0. The van der Waals surface area contributed by atoms with Crippen molar-refractivity contribution in [2.24, 2.45) is 0 Å². The van der Waals surface area contributed by atoms with Crippen molar-refractivity contribution < 1.29 is 4.42 Å². The molecule has 0 N–H and O–H groups in total. The molecule has 0 unspecified atom stereocenters. The summed E-state index contributed by atoms with van der Waals surface area (Å²) in [5, 5.41) is 4.81. The van der Waals surface area contributed by atoms with Gasteiger partial charge in [0.25, 0.3) is 0 Å². The summed E-state index contributed by atoms with van der Waals surface area (Å²) >= 11 is 1.86. The highest BCUT2D eigenvalue weighted by atomic mass is 32.1. The van der Waals surface area contributed by atoms with E-state index < -0.39 is 0 Å². The van der Waals surface area contributed by atoms with Gasteiger partial charge in [0.05, 0.1) is 5.69 Å². The monoisotopic (exact) mass is 745 g/mol. The molecule has 0 bridgehead atoms. The Balaban J connectivity index is 1.17. The van der Waals surface area contributed by atoms with Crippen LogP contribution in [0.4, 0.5) is 17.1 Å². The average molecular weight is 746 g/mol. The van der Waals surface area contributed by atoms with Crippen molar-refractivity contribution in [3.63, 3.8) is 0 Å². The maximum atomic E-state index is 6.92. The summed E-state index contributed by atoms with van der Waals surface area (Å²) < 4.78 is 9.54. The van der Waals surface area contributed by atoms with Gasteiger partial charge in [-0.25, -0.2) is 0 Å². The number of fused-ring (bicyclic) bond motifs is 6. The molecular weight excluding hydrogens is 711 g/mol. The molecule has 0 aliphatic heterocycles. The lowest BCUT2D eigenvalue weighted by Crippen LogP contribution is -2.12. The van der Waals surface area contributed by atoms with E-state index in [-0.39, 0.29) is 0 Å². The number of nitrogens with zero attached hydrogens (tertiary/aromatic N) is 1. The molecule has 2 aromatic heterocycles. The van der Waals surface area contributed by atoms with Gasteiger partial charge in [-0.3, -0.25) is 0 Å². The molecule has 57 heavy (non-hydrogen) atoms. The topological polar surface area (TPSA) is 16.4 Å². The SMILES string of the molecule is c1ccc(-c2cc(-c3ccccc3)cc(N(c3ccc(-c4ccc5c(c4)sc4ccccc45)cc3)c3c(-c4ccccc4)ccc4c3oc3ccccc34)c2)cc1. The van der Waals surface area contributed by atoms with Crippen LogP contribution in [-0.2, 0) is 0 Å². The van der Waals surface area contributed by atoms with Crippen LogP contribution in [0.2, 0.25) is 0 Å². The lowest BCUT2D eigenvalue weighted by Gasteiger charge is -2.29. The minimum Gasteiger partial charge on any atom is -0.454 e. The van der Waals surface area contributed by atoms with Crippen LogP contribution in [0.3, 0.4) is 0 Å². The second-order valence-corrected chi connectivity index (χ2v) is 15.6. The molecule has 2 heterocycles. The summed E-state index contributed by atoms with van der Waals surface area (Å²) in [5.41, 5.74) is 14.0. The normalized spacial score (nSPS) is 11.5. The van der Waals surface area contributed by atoms with E-state index in [4.69, 9.17) is 4.42 Å². The number of hydrogen-bond donors (Lipinski definition) is 0. The van der Waals surface area contributed by atoms with Crippen LogP contribution >= 0.6 is 11.3 Å². The van der Waals surface area contributed by atoms with Gasteiger partial charge in [-0.05, 0) is 93.5 Å². The van der Waals surface area contributed by atoms with Crippen molar-refractivity contribution >= 4 is 70.5 Å². The van der Waals surface area contributed by atoms with E-state index >= 15 is 0 Å². The van der Waals surface area contributed by atoms with Gasteiger partial charge < -0.3 is 9.32 Å². The van der Waals surface area contributed by atoms with Crippen LogP contribution < -0.4 is 4.90 Å². The summed E-state index contributed by atoms with van der Waals surface area (Å²) in [6.07, 6.45) is 0. The van der Waals surface area contributed by atoms with E-state index in [1.54, 1.807) is 0 Å². The largest absolute Gasteiger partial charge is 0.454 e. The first-order valence-electron chi connectivity index (χ1n) is 19.3. The summed E-state index contributed by atoms with van der Waals surface area (Å²) in [7, 11) is 0. The molecule has 0 spiro atoms. The van der Waals surface area contributed by atoms with Crippen LogP contribution in [0.1, 0.15) is 0 Å². The molecule has 11 rings (SSSR count). The van der Waals surface area contributed by atoms with Crippen LogP contribution in [0.25, 0.3) is 86.6 Å². The lowest BCUT2D eigenvalue weighted by molar-refractivity contribution is 0.669. The first kappa shape index (κ1) is 33.2. The molecule has 0 atom stereocenters. The molecule has 3 heteroatoms. The predicted octanol–water partition coefficient (Wildman–Crippen LogP) is 16.1. The van der Waals surface area contributed by atoms with Crippen molar-refractivity contribution in [3.8, 4) is 44.5 Å². The Morgan fingerprint density at radius 1 is 0.333 bits per heavy atom. The van der Waals surface area contributed by atoms with E-state index in [9.17, 15) is 0 Å². The fourth-order valence-electron chi connectivity index (χ4n) is 8.30. The molecule has 9 aromatic carbocycles. The van der Waals surface area contributed by atoms with Gasteiger partial charge in [0, 0.05) is 47.9 Å². The van der Waals surface area contributed by atoms with Gasteiger partial charge in [0.2, 0.25) is 0 Å². The van der Waals surface area contributed by atoms with E-state index in [0.29, 0.717) is 0 Å². The van der Waals surface area contributed by atoms with Gasteiger partial charge in [0.15, 0.2) is 5.58 Å². The maximum Gasteiger partial charge on any atom is 0.160 e. The quantitative estimate of drug-likeness (QED) is 0.162. The number of furan rings is 1. The number of thiophene rings is 1. The highest BCUT2D eigenvalue weighted by Gasteiger charge is 2.25. The minimum absolute atomic E-state index is 0.850. The summed E-state index contributed by atoms with van der Waals surface area (Å²) in [4.78, 5) is 2.41. The van der Waals surface area contributed by atoms with Crippen molar-refractivity contribution in [1.29, 1.82) is 0 Å². The molecule has 268 valence electrons. The highest BCUT2D eigenvalue weighted by Crippen LogP contribution is 2.49. The Labute approximate surface area is 335 Å². The van der Waals surface area contributed by atoms with Crippen LogP contribution in [0.5, 0.6) is 0 Å². The Morgan fingerprint density at radius 2 is 0.877 bits per heavy atom. The summed E-state index contributed by atoms with van der Waals surface area (Å²) in [5.74, 6) is 0. The molecule has 0 radical (unpaired) electrons. The van der Waals surface area contributed by atoms with Crippen LogP contribution in [-0.4, -0.2) is 0 Å². The number of rotatable bonds is 7. The zero-order valence-electron chi connectivity index (χ0n) is 31.0.